The highest BCUT2D eigenvalue weighted by Crippen LogP contribution is 2.53. The number of anilines is 2. The molecule has 3 amide bonds. The van der Waals surface area contributed by atoms with Crippen LogP contribution in [0.25, 0.3) is 0 Å². The van der Waals surface area contributed by atoms with Crippen LogP contribution in [0.5, 0.6) is 0 Å². The lowest BCUT2D eigenvalue weighted by atomic mass is 9.76. The van der Waals surface area contributed by atoms with E-state index in [1.807, 2.05) is 25.1 Å². The number of carbonyl (C=O) groups is 3. The highest BCUT2D eigenvalue weighted by atomic mass is 35.5. The third-order valence-electron chi connectivity index (χ3n) is 5.84. The standard InChI is InChI=1S/C20H16ClN3O3/c1-10-15-16(18(26)24(17(15)25)12-6-4-5-11(21)9-12)20(23-10)13-7-2-3-8-14(13)22-19(20)27/h2-10,15-16,23H,1H3,(H,22,27)/t10-,15-,16-,20-/m0/s1. The van der Waals surface area contributed by atoms with E-state index in [0.717, 1.165) is 0 Å². The maximum atomic E-state index is 13.4. The summed E-state index contributed by atoms with van der Waals surface area (Å²) in [5.41, 5.74) is 0.578. The fourth-order valence-corrected chi connectivity index (χ4v) is 4.97. The number of nitrogens with one attached hydrogen (secondary N) is 2. The van der Waals surface area contributed by atoms with Gasteiger partial charge in [0.05, 0.1) is 17.5 Å². The number of benzene rings is 2. The molecular weight excluding hydrogens is 366 g/mol. The summed E-state index contributed by atoms with van der Waals surface area (Å²) in [6, 6.07) is 13.6. The number of rotatable bonds is 1. The van der Waals surface area contributed by atoms with Crippen LogP contribution in [0.3, 0.4) is 0 Å². The molecule has 2 saturated heterocycles. The highest BCUT2D eigenvalue weighted by Gasteiger charge is 2.69. The number of halogens is 1. The average molecular weight is 382 g/mol. The lowest BCUT2D eigenvalue weighted by Gasteiger charge is -2.29. The molecule has 4 atom stereocenters. The minimum atomic E-state index is -1.24. The molecule has 27 heavy (non-hydrogen) atoms. The van der Waals surface area contributed by atoms with E-state index in [4.69, 9.17) is 11.6 Å². The molecule has 5 rings (SSSR count). The number of carbonyl (C=O) groups excluding carboxylic acids is 3. The Labute approximate surface area is 160 Å². The van der Waals surface area contributed by atoms with Gasteiger partial charge in [-0.3, -0.25) is 19.7 Å². The molecule has 7 heteroatoms. The predicted molar refractivity (Wildman–Crippen MR) is 100 cm³/mol. The fourth-order valence-electron chi connectivity index (χ4n) is 4.79. The zero-order valence-electron chi connectivity index (χ0n) is 14.4. The first-order valence-electron chi connectivity index (χ1n) is 8.77. The second-order valence-corrected chi connectivity index (χ2v) is 7.67. The zero-order valence-corrected chi connectivity index (χ0v) is 15.2. The van der Waals surface area contributed by atoms with Crippen LogP contribution in [0, 0.1) is 11.8 Å². The number of imide groups is 1. The molecule has 0 saturated carbocycles. The molecule has 3 aliphatic rings. The lowest BCUT2D eigenvalue weighted by molar-refractivity contribution is -0.130. The first-order valence-corrected chi connectivity index (χ1v) is 9.15. The first-order chi connectivity index (χ1) is 12.9. The van der Waals surface area contributed by atoms with Crippen LogP contribution >= 0.6 is 11.6 Å². The second kappa shape index (κ2) is 5.41. The van der Waals surface area contributed by atoms with Crippen molar-refractivity contribution in [1.82, 2.24) is 5.32 Å². The molecule has 2 N–H and O–H groups in total. The second-order valence-electron chi connectivity index (χ2n) is 7.24. The van der Waals surface area contributed by atoms with Gasteiger partial charge in [-0.2, -0.15) is 0 Å². The number of hydrogen-bond donors (Lipinski definition) is 2. The van der Waals surface area contributed by atoms with E-state index in [1.165, 1.54) is 4.90 Å². The van der Waals surface area contributed by atoms with Gasteiger partial charge in [-0.1, -0.05) is 35.9 Å². The molecule has 0 radical (unpaired) electrons. The molecular formula is C20H16ClN3O3. The SMILES string of the molecule is C[C@@H]1N[C@]2(C(=O)Nc3ccccc32)[C@@H]2C(=O)N(c3cccc(Cl)c3)C(=O)[C@@H]12. The van der Waals surface area contributed by atoms with E-state index in [-0.39, 0.29) is 23.8 Å². The van der Waals surface area contributed by atoms with E-state index >= 15 is 0 Å². The summed E-state index contributed by atoms with van der Waals surface area (Å²) in [5, 5.41) is 6.57. The van der Waals surface area contributed by atoms with E-state index in [2.05, 4.69) is 10.6 Å². The molecule has 0 bridgehead atoms. The van der Waals surface area contributed by atoms with Crippen LogP contribution in [-0.2, 0) is 19.9 Å². The number of nitrogens with zero attached hydrogens (tertiary/aromatic N) is 1. The van der Waals surface area contributed by atoms with E-state index in [0.29, 0.717) is 22.0 Å². The maximum Gasteiger partial charge on any atom is 0.250 e. The molecule has 2 aromatic rings. The van der Waals surface area contributed by atoms with Crippen molar-refractivity contribution in [3.8, 4) is 0 Å². The number of para-hydroxylation sites is 1. The quantitative estimate of drug-likeness (QED) is 0.743. The van der Waals surface area contributed by atoms with Crippen LogP contribution in [0.2, 0.25) is 5.02 Å². The van der Waals surface area contributed by atoms with Crippen molar-refractivity contribution in [2.45, 2.75) is 18.5 Å². The normalized spacial score (nSPS) is 31.4. The Hall–Kier alpha value is -2.70. The van der Waals surface area contributed by atoms with Gasteiger partial charge in [0.2, 0.25) is 17.7 Å². The van der Waals surface area contributed by atoms with Crippen molar-refractivity contribution in [2.24, 2.45) is 11.8 Å². The molecule has 6 nitrogen and oxygen atoms in total. The third-order valence-corrected chi connectivity index (χ3v) is 6.07. The van der Waals surface area contributed by atoms with Gasteiger partial charge < -0.3 is 5.32 Å². The monoisotopic (exact) mass is 381 g/mol. The van der Waals surface area contributed by atoms with Gasteiger partial charge in [0.25, 0.3) is 0 Å². The van der Waals surface area contributed by atoms with Crippen molar-refractivity contribution < 1.29 is 14.4 Å². The third kappa shape index (κ3) is 1.97. The molecule has 2 aromatic carbocycles. The van der Waals surface area contributed by atoms with E-state index < -0.39 is 17.4 Å². The predicted octanol–water partition coefficient (Wildman–Crippen LogP) is 2.28. The number of amides is 3. The van der Waals surface area contributed by atoms with Gasteiger partial charge in [0, 0.05) is 22.3 Å². The van der Waals surface area contributed by atoms with Crippen molar-refractivity contribution in [3.05, 3.63) is 59.1 Å². The first kappa shape index (κ1) is 16.5. The molecule has 2 fully saturated rings. The topological polar surface area (TPSA) is 78.5 Å². The minimum Gasteiger partial charge on any atom is -0.324 e. The van der Waals surface area contributed by atoms with Crippen molar-refractivity contribution in [1.29, 1.82) is 0 Å². The summed E-state index contributed by atoms with van der Waals surface area (Å²) in [5.74, 6) is -2.40. The number of fused-ring (bicyclic) bond motifs is 4. The van der Waals surface area contributed by atoms with Crippen LogP contribution in [0.15, 0.2) is 48.5 Å². The molecule has 136 valence electrons. The summed E-state index contributed by atoms with van der Waals surface area (Å²) in [7, 11) is 0. The maximum absolute atomic E-state index is 13.4. The average Bonchev–Trinajstić information content (AvgIpc) is 3.20. The van der Waals surface area contributed by atoms with Gasteiger partial charge in [-0.25, -0.2) is 4.90 Å². The van der Waals surface area contributed by atoms with Crippen LogP contribution < -0.4 is 15.5 Å². The largest absolute Gasteiger partial charge is 0.324 e. The van der Waals surface area contributed by atoms with Gasteiger partial charge >= 0.3 is 0 Å². The molecule has 1 spiro atoms. The highest BCUT2D eigenvalue weighted by molar-refractivity contribution is 6.31. The summed E-state index contributed by atoms with van der Waals surface area (Å²) in [6.07, 6.45) is 0. The molecule has 0 unspecified atom stereocenters. The Bertz CT molecular complexity index is 1020. The molecule has 3 heterocycles. The van der Waals surface area contributed by atoms with Crippen molar-refractivity contribution >= 4 is 40.7 Å². The van der Waals surface area contributed by atoms with Crippen LogP contribution in [0.4, 0.5) is 11.4 Å². The van der Waals surface area contributed by atoms with Crippen molar-refractivity contribution in [3.63, 3.8) is 0 Å². The van der Waals surface area contributed by atoms with Gasteiger partial charge in [-0.05, 0) is 31.2 Å². The fraction of sp³-hybridized carbons (Fsp3) is 0.250. The smallest absolute Gasteiger partial charge is 0.250 e. The van der Waals surface area contributed by atoms with Crippen molar-refractivity contribution in [2.75, 3.05) is 10.2 Å². The Morgan fingerprint density at radius 3 is 2.59 bits per heavy atom. The van der Waals surface area contributed by atoms with Gasteiger partial charge in [0.1, 0.15) is 5.54 Å². The lowest BCUT2D eigenvalue weighted by Crippen LogP contribution is -2.53. The van der Waals surface area contributed by atoms with Gasteiger partial charge in [-0.15, -0.1) is 0 Å². The minimum absolute atomic E-state index is 0.294. The zero-order chi connectivity index (χ0) is 18.9. The number of hydrogen-bond acceptors (Lipinski definition) is 4. The Balaban J connectivity index is 1.67. The van der Waals surface area contributed by atoms with Crippen LogP contribution in [0.1, 0.15) is 12.5 Å². The molecule has 3 aliphatic heterocycles. The molecule has 0 aromatic heterocycles. The summed E-state index contributed by atoms with van der Waals surface area (Å²) in [6.45, 7) is 1.84. The summed E-state index contributed by atoms with van der Waals surface area (Å²) in [4.78, 5) is 40.8. The van der Waals surface area contributed by atoms with Gasteiger partial charge in [0.15, 0.2) is 0 Å². The Morgan fingerprint density at radius 1 is 1.04 bits per heavy atom. The Kier molecular flexibility index (Phi) is 3.30. The molecule has 0 aliphatic carbocycles. The summed E-state index contributed by atoms with van der Waals surface area (Å²) >= 11 is 6.05. The Morgan fingerprint density at radius 2 is 1.81 bits per heavy atom. The van der Waals surface area contributed by atoms with E-state index in [1.54, 1.807) is 30.3 Å². The summed E-state index contributed by atoms with van der Waals surface area (Å²) < 4.78 is 0. The van der Waals surface area contributed by atoms with E-state index in [9.17, 15) is 14.4 Å². The van der Waals surface area contributed by atoms with Crippen LogP contribution in [-0.4, -0.2) is 23.8 Å².